The number of hydrogen-bond acceptors (Lipinski definition) is 3. The number of rotatable bonds is 9. The van der Waals surface area contributed by atoms with Crippen molar-refractivity contribution in [3.8, 4) is 5.75 Å². The summed E-state index contributed by atoms with van der Waals surface area (Å²) in [6.45, 7) is 2.90. The number of benzene rings is 2. The van der Waals surface area contributed by atoms with Gasteiger partial charge < -0.3 is 10.1 Å². The first-order valence-electron chi connectivity index (χ1n) is 9.19. The van der Waals surface area contributed by atoms with E-state index < -0.39 is 0 Å². The Bertz CT molecular complexity index is 750. The van der Waals surface area contributed by atoms with Crippen molar-refractivity contribution in [2.45, 2.75) is 39.0 Å². The molecule has 2 aromatic carbocycles. The standard InChI is InChI=1S/C21H25ClN2O2S/c1-2-3-4-5-6-14-26-19-9-7-8-18(15-19)23-21(27)24-20(25)16-10-12-17(22)13-11-16/h7-13,15H,2-6,14H2,1H3,(H2,23,24,25,27). The number of nitrogens with one attached hydrogen (secondary N) is 2. The fourth-order valence-electron chi connectivity index (χ4n) is 2.50. The van der Waals surface area contributed by atoms with Crippen molar-refractivity contribution < 1.29 is 9.53 Å². The summed E-state index contributed by atoms with van der Waals surface area (Å²) in [5, 5.41) is 6.47. The zero-order chi connectivity index (χ0) is 19.5. The highest BCUT2D eigenvalue weighted by Gasteiger charge is 2.08. The summed E-state index contributed by atoms with van der Waals surface area (Å²) in [6.07, 6.45) is 6.00. The van der Waals surface area contributed by atoms with Gasteiger partial charge in [-0.3, -0.25) is 10.1 Å². The van der Waals surface area contributed by atoms with Crippen molar-refractivity contribution >= 4 is 40.5 Å². The maximum atomic E-state index is 12.2. The first-order chi connectivity index (χ1) is 13.1. The Labute approximate surface area is 171 Å². The van der Waals surface area contributed by atoms with Crippen LogP contribution in [0.3, 0.4) is 0 Å². The molecule has 0 aromatic heterocycles. The van der Waals surface area contributed by atoms with Crippen LogP contribution in [0.15, 0.2) is 48.5 Å². The molecule has 0 unspecified atom stereocenters. The average Bonchev–Trinajstić information content (AvgIpc) is 2.65. The molecule has 0 aliphatic heterocycles. The molecule has 0 saturated carbocycles. The van der Waals surface area contributed by atoms with E-state index in [1.807, 2.05) is 24.3 Å². The van der Waals surface area contributed by atoms with Gasteiger partial charge in [0.05, 0.1) is 6.61 Å². The van der Waals surface area contributed by atoms with Gasteiger partial charge in [-0.25, -0.2) is 0 Å². The van der Waals surface area contributed by atoms with E-state index in [0.717, 1.165) is 17.9 Å². The van der Waals surface area contributed by atoms with Crippen LogP contribution < -0.4 is 15.4 Å². The Morgan fingerprint density at radius 1 is 1.07 bits per heavy atom. The van der Waals surface area contributed by atoms with E-state index >= 15 is 0 Å². The second kappa shape index (κ2) is 11.6. The molecule has 2 aromatic rings. The van der Waals surface area contributed by atoms with Gasteiger partial charge in [0, 0.05) is 22.3 Å². The van der Waals surface area contributed by atoms with Crippen LogP contribution in [0.1, 0.15) is 49.4 Å². The van der Waals surface area contributed by atoms with E-state index in [4.69, 9.17) is 28.6 Å². The number of ether oxygens (including phenoxy) is 1. The number of hydrogen-bond donors (Lipinski definition) is 2. The van der Waals surface area contributed by atoms with Crippen molar-refractivity contribution in [1.29, 1.82) is 0 Å². The molecular weight excluding hydrogens is 380 g/mol. The maximum Gasteiger partial charge on any atom is 0.257 e. The molecule has 0 saturated heterocycles. The van der Waals surface area contributed by atoms with E-state index in [-0.39, 0.29) is 11.0 Å². The summed E-state index contributed by atoms with van der Waals surface area (Å²) in [6, 6.07) is 14.2. The number of amides is 1. The summed E-state index contributed by atoms with van der Waals surface area (Å²) in [7, 11) is 0. The second-order valence-electron chi connectivity index (χ2n) is 6.21. The first kappa shape index (κ1) is 21.2. The van der Waals surface area contributed by atoms with Crippen molar-refractivity contribution in [3.63, 3.8) is 0 Å². The zero-order valence-electron chi connectivity index (χ0n) is 15.5. The third-order valence-electron chi connectivity index (χ3n) is 3.94. The molecule has 0 bridgehead atoms. The maximum absolute atomic E-state index is 12.2. The van der Waals surface area contributed by atoms with E-state index in [0.29, 0.717) is 17.2 Å². The monoisotopic (exact) mass is 404 g/mol. The van der Waals surface area contributed by atoms with Gasteiger partial charge in [0.15, 0.2) is 5.11 Å². The topological polar surface area (TPSA) is 50.4 Å². The van der Waals surface area contributed by atoms with Gasteiger partial charge in [-0.1, -0.05) is 50.3 Å². The lowest BCUT2D eigenvalue weighted by Gasteiger charge is -2.11. The molecule has 0 atom stereocenters. The molecule has 1 amide bonds. The lowest BCUT2D eigenvalue weighted by Crippen LogP contribution is -2.34. The summed E-state index contributed by atoms with van der Waals surface area (Å²) in [5.74, 6) is 0.492. The number of unbranched alkanes of at least 4 members (excludes halogenated alkanes) is 4. The highest BCUT2D eigenvalue weighted by atomic mass is 35.5. The molecule has 0 heterocycles. The molecule has 144 valence electrons. The van der Waals surface area contributed by atoms with Crippen molar-refractivity contribution in [2.24, 2.45) is 0 Å². The van der Waals surface area contributed by atoms with E-state index in [1.165, 1.54) is 25.7 Å². The molecule has 0 fully saturated rings. The fraction of sp³-hybridized carbons (Fsp3) is 0.333. The van der Waals surface area contributed by atoms with Gasteiger partial charge in [0.1, 0.15) is 5.75 Å². The van der Waals surface area contributed by atoms with Gasteiger partial charge in [0.2, 0.25) is 0 Å². The first-order valence-corrected chi connectivity index (χ1v) is 9.98. The van der Waals surface area contributed by atoms with Crippen LogP contribution >= 0.6 is 23.8 Å². The van der Waals surface area contributed by atoms with Gasteiger partial charge in [-0.2, -0.15) is 0 Å². The molecular formula is C21H25ClN2O2S. The zero-order valence-corrected chi connectivity index (χ0v) is 17.0. The summed E-state index contributed by atoms with van der Waals surface area (Å²) < 4.78 is 5.79. The summed E-state index contributed by atoms with van der Waals surface area (Å²) in [4.78, 5) is 12.2. The van der Waals surface area contributed by atoms with Crippen LogP contribution in [0.5, 0.6) is 5.75 Å². The molecule has 27 heavy (non-hydrogen) atoms. The molecule has 0 radical (unpaired) electrons. The van der Waals surface area contributed by atoms with E-state index in [2.05, 4.69) is 17.6 Å². The molecule has 6 heteroatoms. The summed E-state index contributed by atoms with van der Waals surface area (Å²) in [5.41, 5.74) is 1.25. The summed E-state index contributed by atoms with van der Waals surface area (Å²) >= 11 is 11.0. The Balaban J connectivity index is 1.79. The Hall–Kier alpha value is -2.11. The van der Waals surface area contributed by atoms with Gasteiger partial charge in [-0.05, 0) is 55.0 Å². The highest BCUT2D eigenvalue weighted by Crippen LogP contribution is 2.18. The Kier molecular flexibility index (Phi) is 9.08. The highest BCUT2D eigenvalue weighted by molar-refractivity contribution is 7.80. The molecule has 2 N–H and O–H groups in total. The average molecular weight is 405 g/mol. The van der Waals surface area contributed by atoms with E-state index in [9.17, 15) is 4.79 Å². The fourth-order valence-corrected chi connectivity index (χ4v) is 2.83. The molecule has 0 aliphatic rings. The Morgan fingerprint density at radius 3 is 2.56 bits per heavy atom. The lowest BCUT2D eigenvalue weighted by atomic mass is 10.2. The van der Waals surface area contributed by atoms with Gasteiger partial charge in [0.25, 0.3) is 5.91 Å². The van der Waals surface area contributed by atoms with Gasteiger partial charge in [-0.15, -0.1) is 0 Å². The molecule has 0 spiro atoms. The molecule has 0 aliphatic carbocycles. The quantitative estimate of drug-likeness (QED) is 0.408. The molecule has 2 rings (SSSR count). The SMILES string of the molecule is CCCCCCCOc1cccc(NC(=S)NC(=O)c2ccc(Cl)cc2)c1. The van der Waals surface area contributed by atoms with Crippen LogP contribution in [-0.4, -0.2) is 17.6 Å². The Morgan fingerprint density at radius 2 is 1.81 bits per heavy atom. The predicted octanol–water partition coefficient (Wildman–Crippen LogP) is 5.82. The van der Waals surface area contributed by atoms with Crippen LogP contribution in [0.25, 0.3) is 0 Å². The van der Waals surface area contributed by atoms with Crippen molar-refractivity contribution in [3.05, 3.63) is 59.1 Å². The van der Waals surface area contributed by atoms with Crippen LogP contribution in [0, 0.1) is 0 Å². The molecule has 4 nitrogen and oxygen atoms in total. The lowest BCUT2D eigenvalue weighted by molar-refractivity contribution is 0.0977. The number of carbonyl (C=O) groups is 1. The number of thiocarbonyl (C=S) groups is 1. The van der Waals surface area contributed by atoms with Crippen LogP contribution in [0.2, 0.25) is 5.02 Å². The van der Waals surface area contributed by atoms with Crippen LogP contribution in [-0.2, 0) is 0 Å². The van der Waals surface area contributed by atoms with Crippen LogP contribution in [0.4, 0.5) is 5.69 Å². The number of anilines is 1. The number of carbonyl (C=O) groups excluding carboxylic acids is 1. The smallest absolute Gasteiger partial charge is 0.257 e. The van der Waals surface area contributed by atoms with Crippen molar-refractivity contribution in [2.75, 3.05) is 11.9 Å². The third-order valence-corrected chi connectivity index (χ3v) is 4.40. The number of halogens is 1. The van der Waals surface area contributed by atoms with Gasteiger partial charge >= 0.3 is 0 Å². The van der Waals surface area contributed by atoms with Crippen molar-refractivity contribution in [1.82, 2.24) is 5.32 Å². The largest absolute Gasteiger partial charge is 0.494 e. The minimum Gasteiger partial charge on any atom is -0.494 e. The minimum absolute atomic E-state index is 0.228. The minimum atomic E-state index is -0.288. The second-order valence-corrected chi connectivity index (χ2v) is 7.05. The van der Waals surface area contributed by atoms with E-state index in [1.54, 1.807) is 24.3 Å². The predicted molar refractivity (Wildman–Crippen MR) is 116 cm³/mol. The normalized spacial score (nSPS) is 10.3. The third kappa shape index (κ3) is 7.97.